The van der Waals surface area contributed by atoms with Gasteiger partial charge in [-0.3, -0.25) is 9.48 Å². The molecule has 1 aliphatic heterocycles. The van der Waals surface area contributed by atoms with Gasteiger partial charge in [-0.1, -0.05) is 6.07 Å². The van der Waals surface area contributed by atoms with Crippen molar-refractivity contribution in [1.82, 2.24) is 14.7 Å². The summed E-state index contributed by atoms with van der Waals surface area (Å²) in [6.45, 7) is 2.08. The minimum absolute atomic E-state index is 0.231. The van der Waals surface area contributed by atoms with Crippen LogP contribution in [0.25, 0.3) is 0 Å². The summed E-state index contributed by atoms with van der Waals surface area (Å²) >= 11 is 0. The number of fused-ring (bicyclic) bond motifs is 1. The van der Waals surface area contributed by atoms with E-state index in [0.717, 1.165) is 27.8 Å². The third-order valence-electron chi connectivity index (χ3n) is 5.46. The number of hydrogen-bond acceptors (Lipinski definition) is 5. The first-order chi connectivity index (χ1) is 14.9. The van der Waals surface area contributed by atoms with Crippen molar-refractivity contribution >= 4 is 15.7 Å². The monoisotopic (exact) mass is 498 g/mol. The van der Waals surface area contributed by atoms with Crippen LogP contribution in [0, 0.1) is 0 Å². The number of sulfone groups is 1. The number of carbonyl (C=O) groups excluding carboxylic acids is 1. The van der Waals surface area contributed by atoms with Crippen LogP contribution >= 0.6 is 0 Å². The van der Waals surface area contributed by atoms with Crippen LogP contribution in [-0.4, -0.2) is 46.5 Å². The van der Waals surface area contributed by atoms with Gasteiger partial charge in [-0.25, -0.2) is 8.42 Å². The topological polar surface area (TPSA) is 98.3 Å². The Bertz CT molecular complexity index is 1170. The lowest BCUT2D eigenvalue weighted by Gasteiger charge is -2.35. The number of hydrogen-bond donors (Lipinski definition) is 1. The van der Waals surface area contributed by atoms with Crippen LogP contribution in [0.1, 0.15) is 42.0 Å². The second kappa shape index (κ2) is 8.01. The minimum Gasteiger partial charge on any atom is -0.320 e. The molecule has 3 rings (SSSR count). The summed E-state index contributed by atoms with van der Waals surface area (Å²) in [5.41, 5.74) is 3.18. The van der Waals surface area contributed by atoms with Crippen LogP contribution in [0.5, 0.6) is 0 Å². The Morgan fingerprint density at radius 3 is 2.30 bits per heavy atom. The molecule has 0 radical (unpaired) electrons. The molecule has 2 heterocycles. The molecule has 1 aromatic carbocycles. The zero-order chi connectivity index (χ0) is 25.0. The van der Waals surface area contributed by atoms with E-state index in [1.807, 2.05) is 0 Å². The molecule has 1 aromatic heterocycles. The molecule has 7 nitrogen and oxygen atoms in total. The molecule has 0 saturated carbocycles. The van der Waals surface area contributed by atoms with Crippen molar-refractivity contribution in [2.75, 3.05) is 6.54 Å². The molecule has 1 atom stereocenters. The number of amides is 1. The van der Waals surface area contributed by atoms with Crippen LogP contribution in [0.2, 0.25) is 0 Å². The molecule has 1 unspecified atom stereocenters. The average Bonchev–Trinajstić information content (AvgIpc) is 3.11. The van der Waals surface area contributed by atoms with Crippen LogP contribution in [0.4, 0.5) is 26.3 Å². The standard InChI is InChI=1S/C19H20F6N4O3S/c1-17(2,33(31,32)12-5-3-4-11(8-12)18(20,21)22)6-7-28-15(26)10-29-13(16(28)30)9-14(27-29)19(23,24)25/h3-5,8-9,15H,6-7,10,26H2,1-2H3. The molecule has 14 heteroatoms. The number of aromatic nitrogens is 2. The maximum atomic E-state index is 13.0. The van der Waals surface area contributed by atoms with Crippen molar-refractivity contribution in [3.05, 3.63) is 47.3 Å². The van der Waals surface area contributed by atoms with Crippen molar-refractivity contribution in [2.24, 2.45) is 5.73 Å². The molecule has 1 aliphatic rings. The van der Waals surface area contributed by atoms with E-state index in [4.69, 9.17) is 5.73 Å². The maximum Gasteiger partial charge on any atom is 0.435 e. The number of carbonyl (C=O) groups is 1. The molecule has 0 fully saturated rings. The van der Waals surface area contributed by atoms with Gasteiger partial charge in [0.25, 0.3) is 5.91 Å². The Balaban J connectivity index is 1.82. The summed E-state index contributed by atoms with van der Waals surface area (Å²) in [5.74, 6) is -0.857. The minimum atomic E-state index is -4.76. The molecule has 0 bridgehead atoms. The van der Waals surface area contributed by atoms with Crippen molar-refractivity contribution < 1.29 is 39.6 Å². The van der Waals surface area contributed by atoms with Crippen LogP contribution in [0.3, 0.4) is 0 Å². The largest absolute Gasteiger partial charge is 0.435 e. The predicted octanol–water partition coefficient (Wildman–Crippen LogP) is 3.30. The first kappa shape index (κ1) is 25.0. The first-order valence-corrected chi connectivity index (χ1v) is 11.1. The molecule has 1 amide bonds. The quantitative estimate of drug-likeness (QED) is 0.638. The Morgan fingerprint density at radius 1 is 1.09 bits per heavy atom. The van der Waals surface area contributed by atoms with Crippen LogP contribution in [-0.2, 0) is 28.7 Å². The predicted molar refractivity (Wildman–Crippen MR) is 104 cm³/mol. The van der Waals surface area contributed by atoms with E-state index in [2.05, 4.69) is 5.10 Å². The summed E-state index contributed by atoms with van der Waals surface area (Å²) in [6.07, 6.45) is -10.8. The molecule has 0 saturated heterocycles. The summed E-state index contributed by atoms with van der Waals surface area (Å²) in [5, 5.41) is 3.35. The van der Waals surface area contributed by atoms with Gasteiger partial charge in [-0.05, 0) is 38.5 Å². The fraction of sp³-hybridized carbons (Fsp3) is 0.474. The lowest BCUT2D eigenvalue weighted by atomic mass is 10.1. The highest BCUT2D eigenvalue weighted by Crippen LogP contribution is 2.35. The molecule has 2 aromatic rings. The number of halogens is 6. The van der Waals surface area contributed by atoms with E-state index in [1.54, 1.807) is 0 Å². The second-order valence-corrected chi connectivity index (χ2v) is 10.8. The second-order valence-electron chi connectivity index (χ2n) is 8.20. The molecule has 0 aliphatic carbocycles. The van der Waals surface area contributed by atoms with Crippen LogP contribution < -0.4 is 5.73 Å². The zero-order valence-electron chi connectivity index (χ0n) is 17.4. The third-order valence-corrected chi connectivity index (χ3v) is 8.00. The lowest BCUT2D eigenvalue weighted by molar-refractivity contribution is -0.141. The fourth-order valence-corrected chi connectivity index (χ4v) is 4.93. The molecule has 182 valence electrons. The van der Waals surface area contributed by atoms with E-state index in [0.29, 0.717) is 12.1 Å². The van der Waals surface area contributed by atoms with Crippen molar-refractivity contribution in [3.63, 3.8) is 0 Å². The smallest absolute Gasteiger partial charge is 0.320 e. The van der Waals surface area contributed by atoms with Gasteiger partial charge in [0.1, 0.15) is 11.9 Å². The number of benzene rings is 1. The highest BCUT2D eigenvalue weighted by Gasteiger charge is 2.42. The fourth-order valence-electron chi connectivity index (χ4n) is 3.39. The first-order valence-electron chi connectivity index (χ1n) is 9.58. The molecule has 33 heavy (non-hydrogen) atoms. The number of nitrogens with zero attached hydrogens (tertiary/aromatic N) is 3. The summed E-state index contributed by atoms with van der Waals surface area (Å²) < 4.78 is 103. The Labute approximate surface area is 185 Å². The Hall–Kier alpha value is -2.61. The van der Waals surface area contributed by atoms with Gasteiger partial charge in [0.05, 0.1) is 21.8 Å². The number of rotatable bonds is 5. The summed E-state index contributed by atoms with van der Waals surface area (Å²) in [4.78, 5) is 13.2. The number of nitrogens with two attached hydrogens (primary N) is 1. The molecular weight excluding hydrogens is 478 g/mol. The molecule has 0 spiro atoms. The van der Waals surface area contributed by atoms with Crippen molar-refractivity contribution in [3.8, 4) is 0 Å². The molecular formula is C19H20F6N4O3S. The van der Waals surface area contributed by atoms with E-state index in [-0.39, 0.29) is 25.2 Å². The van der Waals surface area contributed by atoms with E-state index in [9.17, 15) is 39.6 Å². The highest BCUT2D eigenvalue weighted by molar-refractivity contribution is 7.92. The van der Waals surface area contributed by atoms with Gasteiger partial charge in [-0.2, -0.15) is 31.4 Å². The SMILES string of the molecule is CC(C)(CCN1C(=O)c2cc(C(F)(F)F)nn2CC1N)S(=O)(=O)c1cccc(C(F)(F)F)c1. The van der Waals surface area contributed by atoms with Gasteiger partial charge in [0, 0.05) is 12.6 Å². The van der Waals surface area contributed by atoms with Gasteiger partial charge >= 0.3 is 12.4 Å². The van der Waals surface area contributed by atoms with Gasteiger partial charge in [0.15, 0.2) is 15.5 Å². The van der Waals surface area contributed by atoms with Crippen molar-refractivity contribution in [2.45, 2.75) is 55.0 Å². The van der Waals surface area contributed by atoms with E-state index < -0.39 is 55.2 Å². The molecule has 2 N–H and O–H groups in total. The van der Waals surface area contributed by atoms with E-state index in [1.165, 1.54) is 13.8 Å². The lowest BCUT2D eigenvalue weighted by Crippen LogP contribution is -2.54. The summed E-state index contributed by atoms with van der Waals surface area (Å²) in [7, 11) is -4.28. The average molecular weight is 498 g/mol. The normalized spacial score (nSPS) is 17.9. The van der Waals surface area contributed by atoms with Crippen molar-refractivity contribution in [1.29, 1.82) is 0 Å². The van der Waals surface area contributed by atoms with E-state index >= 15 is 0 Å². The van der Waals surface area contributed by atoms with Gasteiger partial charge in [0.2, 0.25) is 0 Å². The maximum absolute atomic E-state index is 13.0. The Morgan fingerprint density at radius 2 is 1.73 bits per heavy atom. The Kier molecular flexibility index (Phi) is 6.07. The highest BCUT2D eigenvalue weighted by atomic mass is 32.2. The third kappa shape index (κ3) is 4.71. The number of alkyl halides is 6. The van der Waals surface area contributed by atoms with Gasteiger partial charge < -0.3 is 10.6 Å². The zero-order valence-corrected chi connectivity index (χ0v) is 18.2. The van der Waals surface area contributed by atoms with Crippen LogP contribution in [0.15, 0.2) is 35.2 Å². The summed E-state index contributed by atoms with van der Waals surface area (Å²) in [6, 6.07) is 3.89. The van der Waals surface area contributed by atoms with Gasteiger partial charge in [-0.15, -0.1) is 0 Å².